The Bertz CT molecular complexity index is 576. The zero-order valence-corrected chi connectivity index (χ0v) is 12.9. The molecule has 3 rings (SSSR count). The fraction of sp³-hybridized carbons (Fsp3) is 0.533. The molecule has 6 heteroatoms. The van der Waals surface area contributed by atoms with Crippen molar-refractivity contribution >= 4 is 22.5 Å². The van der Waals surface area contributed by atoms with Crippen molar-refractivity contribution in [3.63, 3.8) is 0 Å². The van der Waals surface area contributed by atoms with Crippen LogP contribution >= 0.6 is 0 Å². The number of nitrogens with one attached hydrogen (secondary N) is 1. The second kappa shape index (κ2) is 6.05. The van der Waals surface area contributed by atoms with Crippen LogP contribution in [-0.4, -0.2) is 45.8 Å². The molecule has 2 atom stereocenters. The van der Waals surface area contributed by atoms with E-state index in [0.717, 1.165) is 29.8 Å². The summed E-state index contributed by atoms with van der Waals surface area (Å²) in [5.74, 6) is 2.16. The van der Waals surface area contributed by atoms with E-state index < -0.39 is 10.8 Å². The first kappa shape index (κ1) is 14.4. The van der Waals surface area contributed by atoms with Crippen molar-refractivity contribution in [2.45, 2.75) is 25.8 Å². The summed E-state index contributed by atoms with van der Waals surface area (Å²) in [4.78, 5) is 14.2. The molecule has 2 amide bonds. The van der Waals surface area contributed by atoms with E-state index in [2.05, 4.69) is 5.32 Å². The van der Waals surface area contributed by atoms with Gasteiger partial charge in [0.05, 0.1) is 6.61 Å². The molecule has 2 aliphatic rings. The quantitative estimate of drug-likeness (QED) is 0.863. The van der Waals surface area contributed by atoms with Crippen molar-refractivity contribution in [3.05, 3.63) is 23.8 Å². The van der Waals surface area contributed by atoms with Crippen LogP contribution in [0.5, 0.6) is 5.75 Å². The minimum absolute atomic E-state index is 0.111. The van der Waals surface area contributed by atoms with Crippen LogP contribution in [0.15, 0.2) is 18.2 Å². The van der Waals surface area contributed by atoms with Crippen LogP contribution in [0, 0.1) is 0 Å². The summed E-state index contributed by atoms with van der Waals surface area (Å²) in [5, 5.41) is 2.95. The molecule has 1 aromatic rings. The molecule has 1 aromatic carbocycles. The maximum Gasteiger partial charge on any atom is 0.322 e. The highest BCUT2D eigenvalue weighted by Gasteiger charge is 2.24. The predicted octanol–water partition coefficient (Wildman–Crippen LogP) is 2.00. The fourth-order valence-corrected chi connectivity index (χ4v) is 3.95. The van der Waals surface area contributed by atoms with E-state index in [1.807, 2.05) is 25.1 Å². The summed E-state index contributed by atoms with van der Waals surface area (Å²) in [6.45, 7) is 3.27. The van der Waals surface area contributed by atoms with Gasteiger partial charge in [0.25, 0.3) is 0 Å². The molecule has 1 fully saturated rings. The highest BCUT2D eigenvalue weighted by atomic mass is 32.2. The van der Waals surface area contributed by atoms with Gasteiger partial charge < -0.3 is 15.0 Å². The third-order valence-electron chi connectivity index (χ3n) is 4.06. The normalized spacial score (nSPS) is 24.9. The van der Waals surface area contributed by atoms with Gasteiger partial charge in [-0.1, -0.05) is 0 Å². The van der Waals surface area contributed by atoms with Gasteiger partial charge in [0.1, 0.15) is 5.75 Å². The van der Waals surface area contributed by atoms with Gasteiger partial charge >= 0.3 is 6.03 Å². The Morgan fingerprint density at radius 2 is 2.29 bits per heavy atom. The van der Waals surface area contributed by atoms with Gasteiger partial charge in [0.2, 0.25) is 0 Å². The number of rotatable bonds is 1. The number of carbonyl (C=O) groups is 1. The number of fused-ring (bicyclic) bond motifs is 1. The van der Waals surface area contributed by atoms with Crippen LogP contribution in [-0.2, 0) is 17.2 Å². The average Bonchev–Trinajstić information content (AvgIpc) is 2.85. The first-order chi connectivity index (χ1) is 10.1. The number of benzene rings is 1. The number of amides is 2. The molecule has 0 aliphatic carbocycles. The summed E-state index contributed by atoms with van der Waals surface area (Å²) in [5.41, 5.74) is 1.93. The van der Waals surface area contributed by atoms with Gasteiger partial charge in [-0.25, -0.2) is 4.79 Å². The van der Waals surface area contributed by atoms with Crippen LogP contribution in [0.4, 0.5) is 10.5 Å². The summed E-state index contributed by atoms with van der Waals surface area (Å²) < 4.78 is 17.1. The number of anilines is 1. The molecule has 0 radical (unpaired) electrons. The predicted molar refractivity (Wildman–Crippen MR) is 83.3 cm³/mol. The second-order valence-electron chi connectivity index (χ2n) is 5.53. The SMILES string of the molecule is C[C@@H]1CC[S@@](=O)CCN1C(=O)Nc1ccc2c(c1)CCO2. The molecular formula is C15H20N2O3S. The van der Waals surface area contributed by atoms with Gasteiger partial charge in [-0.3, -0.25) is 4.21 Å². The summed E-state index contributed by atoms with van der Waals surface area (Å²) in [7, 11) is -0.800. The Balaban J connectivity index is 1.69. The lowest BCUT2D eigenvalue weighted by molar-refractivity contribution is 0.197. The standard InChI is InChI=1S/C15H20N2O3S/c1-11-5-8-21(19)9-6-17(11)15(18)16-13-2-3-14-12(10-13)4-7-20-14/h2-3,10-11H,4-9H2,1H3,(H,16,18)/t11-,21-/m1/s1. The van der Waals surface area contributed by atoms with Crippen LogP contribution in [0.2, 0.25) is 0 Å². The highest BCUT2D eigenvalue weighted by Crippen LogP contribution is 2.28. The molecule has 1 saturated heterocycles. The molecule has 0 spiro atoms. The van der Waals surface area contributed by atoms with Crippen molar-refractivity contribution in [3.8, 4) is 5.75 Å². The van der Waals surface area contributed by atoms with Gasteiger partial charge in [-0.2, -0.15) is 0 Å². The molecule has 2 aliphatic heterocycles. The number of nitrogens with zero attached hydrogens (tertiary/aromatic N) is 1. The first-order valence-electron chi connectivity index (χ1n) is 7.32. The lowest BCUT2D eigenvalue weighted by Crippen LogP contribution is -2.42. The molecule has 21 heavy (non-hydrogen) atoms. The van der Waals surface area contributed by atoms with E-state index in [1.54, 1.807) is 4.90 Å². The minimum Gasteiger partial charge on any atom is -0.493 e. The molecular weight excluding hydrogens is 288 g/mol. The Morgan fingerprint density at radius 3 is 3.14 bits per heavy atom. The molecule has 0 saturated carbocycles. The minimum atomic E-state index is -0.800. The fourth-order valence-electron chi connectivity index (χ4n) is 2.74. The number of urea groups is 1. The van der Waals surface area contributed by atoms with Crippen molar-refractivity contribution in [2.75, 3.05) is 30.0 Å². The van der Waals surface area contributed by atoms with E-state index in [4.69, 9.17) is 4.74 Å². The van der Waals surface area contributed by atoms with E-state index >= 15 is 0 Å². The number of hydrogen-bond acceptors (Lipinski definition) is 3. The molecule has 0 bridgehead atoms. The molecule has 0 unspecified atom stereocenters. The van der Waals surface area contributed by atoms with Crippen molar-refractivity contribution < 1.29 is 13.7 Å². The topological polar surface area (TPSA) is 58.6 Å². The summed E-state index contributed by atoms with van der Waals surface area (Å²) in [6.07, 6.45) is 1.68. The monoisotopic (exact) mass is 308 g/mol. The third kappa shape index (κ3) is 3.20. The third-order valence-corrected chi connectivity index (χ3v) is 5.39. The molecule has 2 heterocycles. The van der Waals surface area contributed by atoms with Crippen LogP contribution in [0.3, 0.4) is 0 Å². The van der Waals surface area contributed by atoms with Crippen molar-refractivity contribution in [1.82, 2.24) is 4.90 Å². The zero-order valence-electron chi connectivity index (χ0n) is 12.1. The Kier molecular flexibility index (Phi) is 4.14. The van der Waals surface area contributed by atoms with Gasteiger partial charge in [0.15, 0.2) is 0 Å². The van der Waals surface area contributed by atoms with Crippen LogP contribution in [0.25, 0.3) is 0 Å². The maximum atomic E-state index is 12.4. The van der Waals surface area contributed by atoms with Gasteiger partial charge in [-0.15, -0.1) is 0 Å². The van der Waals surface area contributed by atoms with Crippen LogP contribution < -0.4 is 10.1 Å². The van der Waals surface area contributed by atoms with E-state index in [9.17, 15) is 9.00 Å². The Labute approximate surface area is 127 Å². The van der Waals surface area contributed by atoms with E-state index in [0.29, 0.717) is 24.7 Å². The number of hydrogen-bond donors (Lipinski definition) is 1. The lowest BCUT2D eigenvalue weighted by atomic mass is 10.1. The molecule has 5 nitrogen and oxygen atoms in total. The van der Waals surface area contributed by atoms with Crippen LogP contribution in [0.1, 0.15) is 18.9 Å². The Morgan fingerprint density at radius 1 is 1.43 bits per heavy atom. The smallest absolute Gasteiger partial charge is 0.322 e. The summed E-state index contributed by atoms with van der Waals surface area (Å²) in [6, 6.07) is 5.75. The second-order valence-corrected chi connectivity index (χ2v) is 7.23. The molecule has 1 N–H and O–H groups in total. The van der Waals surface area contributed by atoms with Crippen molar-refractivity contribution in [2.24, 2.45) is 0 Å². The molecule has 114 valence electrons. The zero-order chi connectivity index (χ0) is 14.8. The largest absolute Gasteiger partial charge is 0.493 e. The number of ether oxygens (including phenoxy) is 1. The Hall–Kier alpha value is -1.56. The average molecular weight is 308 g/mol. The van der Waals surface area contributed by atoms with Gasteiger partial charge in [0, 0.05) is 47.0 Å². The lowest BCUT2D eigenvalue weighted by Gasteiger charge is -2.27. The van der Waals surface area contributed by atoms with E-state index in [1.165, 1.54) is 0 Å². The molecule has 0 aromatic heterocycles. The number of carbonyl (C=O) groups excluding carboxylic acids is 1. The van der Waals surface area contributed by atoms with Gasteiger partial charge in [-0.05, 0) is 37.1 Å². The highest BCUT2D eigenvalue weighted by molar-refractivity contribution is 7.85. The van der Waals surface area contributed by atoms with Crippen molar-refractivity contribution in [1.29, 1.82) is 0 Å². The first-order valence-corrected chi connectivity index (χ1v) is 8.80. The maximum absolute atomic E-state index is 12.4. The summed E-state index contributed by atoms with van der Waals surface area (Å²) >= 11 is 0. The van der Waals surface area contributed by atoms with E-state index in [-0.39, 0.29) is 12.1 Å².